The predicted molar refractivity (Wildman–Crippen MR) is 63.1 cm³/mol. The molecule has 1 nitrogen and oxygen atoms in total. The van der Waals surface area contributed by atoms with Gasteiger partial charge in [-0.05, 0) is 43.7 Å². The molecule has 88 valence electrons. The van der Waals surface area contributed by atoms with Crippen molar-refractivity contribution in [1.82, 2.24) is 0 Å². The van der Waals surface area contributed by atoms with Crippen molar-refractivity contribution in [2.75, 3.05) is 0 Å². The Labute approximate surface area is 96.6 Å². The summed E-state index contributed by atoms with van der Waals surface area (Å²) in [6, 6.07) is 6.46. The summed E-state index contributed by atoms with van der Waals surface area (Å²) in [6.45, 7) is 2.21. The van der Waals surface area contributed by atoms with Crippen LogP contribution in [0.25, 0.3) is 0 Å². The molecule has 1 aromatic carbocycles. The first-order chi connectivity index (χ1) is 7.79. The van der Waals surface area contributed by atoms with Gasteiger partial charge in [0.25, 0.3) is 0 Å². The fraction of sp³-hybridized carbons (Fsp3) is 0.571. The second-order valence-corrected chi connectivity index (χ2v) is 4.57. The lowest BCUT2D eigenvalue weighted by atomic mass is 9.85. The van der Waals surface area contributed by atoms with Gasteiger partial charge in [0.15, 0.2) is 0 Å². The first kappa shape index (κ1) is 11.4. The molecule has 0 bridgehead atoms. The quantitative estimate of drug-likeness (QED) is 0.745. The average Bonchev–Trinajstić information content (AvgIpc) is 2.30. The van der Waals surface area contributed by atoms with Crippen LogP contribution in [0.15, 0.2) is 24.3 Å². The zero-order chi connectivity index (χ0) is 11.4. The van der Waals surface area contributed by atoms with Crippen LogP contribution in [-0.4, -0.2) is 6.10 Å². The summed E-state index contributed by atoms with van der Waals surface area (Å²) in [5, 5.41) is 0. The number of hydrogen-bond acceptors (Lipinski definition) is 1. The van der Waals surface area contributed by atoms with Gasteiger partial charge in [0, 0.05) is 6.07 Å². The third-order valence-electron chi connectivity index (χ3n) is 3.45. The minimum atomic E-state index is -0.221. The van der Waals surface area contributed by atoms with Crippen molar-refractivity contribution in [1.29, 1.82) is 0 Å². The molecule has 0 N–H and O–H groups in total. The lowest BCUT2D eigenvalue weighted by Crippen LogP contribution is -2.29. The van der Waals surface area contributed by atoms with Gasteiger partial charge in [-0.15, -0.1) is 0 Å². The Morgan fingerprint density at radius 3 is 2.88 bits per heavy atom. The molecule has 0 heterocycles. The predicted octanol–water partition coefficient (Wildman–Crippen LogP) is 4.17. The van der Waals surface area contributed by atoms with Crippen molar-refractivity contribution in [3.63, 3.8) is 0 Å². The molecule has 0 radical (unpaired) electrons. The molecule has 2 heteroatoms. The number of halogens is 1. The summed E-state index contributed by atoms with van der Waals surface area (Å²) in [6.07, 6.45) is 6.32. The number of benzene rings is 1. The Hall–Kier alpha value is -1.05. The van der Waals surface area contributed by atoms with Crippen LogP contribution in [0.5, 0.6) is 5.75 Å². The largest absolute Gasteiger partial charge is 0.490 e. The maximum absolute atomic E-state index is 13.0. The standard InChI is InChI=1S/C14H19FO/c1-2-11-6-3-4-9-14(11)16-13-8-5-7-12(15)10-13/h5,7-8,10-11,14H,2-4,6,9H2,1H3. The normalized spacial score (nSPS) is 25.4. The molecule has 1 aromatic rings. The molecule has 2 unspecified atom stereocenters. The number of ether oxygens (including phenoxy) is 1. The van der Waals surface area contributed by atoms with E-state index in [0.29, 0.717) is 11.7 Å². The maximum Gasteiger partial charge on any atom is 0.126 e. The minimum absolute atomic E-state index is 0.221. The first-order valence-corrected chi connectivity index (χ1v) is 6.22. The summed E-state index contributed by atoms with van der Waals surface area (Å²) in [5.74, 6) is 1.09. The van der Waals surface area contributed by atoms with Gasteiger partial charge < -0.3 is 4.74 Å². The monoisotopic (exact) mass is 222 g/mol. The highest BCUT2D eigenvalue weighted by Crippen LogP contribution is 2.30. The van der Waals surface area contributed by atoms with E-state index < -0.39 is 0 Å². The molecule has 1 aliphatic rings. The SMILES string of the molecule is CCC1CCCCC1Oc1cccc(F)c1. The third-order valence-corrected chi connectivity index (χ3v) is 3.45. The topological polar surface area (TPSA) is 9.23 Å². The highest BCUT2D eigenvalue weighted by atomic mass is 19.1. The third kappa shape index (κ3) is 2.75. The molecule has 1 saturated carbocycles. The Kier molecular flexibility index (Phi) is 3.81. The molecular weight excluding hydrogens is 203 g/mol. The first-order valence-electron chi connectivity index (χ1n) is 6.22. The van der Waals surface area contributed by atoms with E-state index in [9.17, 15) is 4.39 Å². The molecule has 0 amide bonds. The molecule has 2 rings (SSSR count). The molecule has 0 aliphatic heterocycles. The minimum Gasteiger partial charge on any atom is -0.490 e. The van der Waals surface area contributed by atoms with Crippen molar-refractivity contribution < 1.29 is 9.13 Å². The van der Waals surface area contributed by atoms with Crippen molar-refractivity contribution in [3.8, 4) is 5.75 Å². The second-order valence-electron chi connectivity index (χ2n) is 4.57. The van der Waals surface area contributed by atoms with Gasteiger partial charge in [0.1, 0.15) is 17.7 Å². The average molecular weight is 222 g/mol. The summed E-state index contributed by atoms with van der Waals surface area (Å²) >= 11 is 0. The van der Waals surface area contributed by atoms with Crippen LogP contribution in [0.3, 0.4) is 0 Å². The molecule has 0 saturated heterocycles. The smallest absolute Gasteiger partial charge is 0.126 e. The van der Waals surface area contributed by atoms with Crippen molar-refractivity contribution in [3.05, 3.63) is 30.1 Å². The van der Waals surface area contributed by atoms with Crippen LogP contribution < -0.4 is 4.74 Å². The molecule has 2 atom stereocenters. The van der Waals surface area contributed by atoms with Gasteiger partial charge in [0.05, 0.1) is 0 Å². The Morgan fingerprint density at radius 1 is 1.31 bits per heavy atom. The lowest BCUT2D eigenvalue weighted by molar-refractivity contribution is 0.0901. The van der Waals surface area contributed by atoms with Gasteiger partial charge in [0.2, 0.25) is 0 Å². The molecule has 0 aromatic heterocycles. The molecule has 0 spiro atoms. The van der Waals surface area contributed by atoms with E-state index in [-0.39, 0.29) is 11.9 Å². The van der Waals surface area contributed by atoms with E-state index in [1.165, 1.54) is 31.4 Å². The molecular formula is C14H19FO. The van der Waals surface area contributed by atoms with E-state index in [2.05, 4.69) is 6.92 Å². The van der Waals surface area contributed by atoms with E-state index in [4.69, 9.17) is 4.74 Å². The molecule has 1 fully saturated rings. The van der Waals surface area contributed by atoms with Crippen LogP contribution in [-0.2, 0) is 0 Å². The van der Waals surface area contributed by atoms with E-state index in [0.717, 1.165) is 12.8 Å². The van der Waals surface area contributed by atoms with Crippen LogP contribution in [0, 0.1) is 11.7 Å². The summed E-state index contributed by atoms with van der Waals surface area (Å²) in [7, 11) is 0. The summed E-state index contributed by atoms with van der Waals surface area (Å²) in [4.78, 5) is 0. The van der Waals surface area contributed by atoms with Crippen molar-refractivity contribution >= 4 is 0 Å². The fourth-order valence-electron chi connectivity index (χ4n) is 2.51. The van der Waals surface area contributed by atoms with Gasteiger partial charge in [-0.1, -0.05) is 19.4 Å². The van der Waals surface area contributed by atoms with E-state index >= 15 is 0 Å². The fourth-order valence-corrected chi connectivity index (χ4v) is 2.51. The molecule has 1 aliphatic carbocycles. The van der Waals surface area contributed by atoms with E-state index in [1.807, 2.05) is 6.07 Å². The number of rotatable bonds is 3. The van der Waals surface area contributed by atoms with Crippen LogP contribution >= 0.6 is 0 Å². The van der Waals surface area contributed by atoms with Gasteiger partial charge in [-0.25, -0.2) is 4.39 Å². The Bertz CT molecular complexity index is 337. The maximum atomic E-state index is 13.0. The van der Waals surface area contributed by atoms with E-state index in [1.54, 1.807) is 6.07 Å². The summed E-state index contributed by atoms with van der Waals surface area (Å²) < 4.78 is 18.9. The second kappa shape index (κ2) is 5.33. The lowest BCUT2D eigenvalue weighted by Gasteiger charge is -2.31. The van der Waals surface area contributed by atoms with Crippen LogP contribution in [0.2, 0.25) is 0 Å². The molecule has 16 heavy (non-hydrogen) atoms. The van der Waals surface area contributed by atoms with Gasteiger partial charge in [-0.2, -0.15) is 0 Å². The highest BCUT2D eigenvalue weighted by molar-refractivity contribution is 5.22. The Morgan fingerprint density at radius 2 is 2.12 bits per heavy atom. The summed E-state index contributed by atoms with van der Waals surface area (Å²) in [5.41, 5.74) is 0. The number of hydrogen-bond donors (Lipinski definition) is 0. The van der Waals surface area contributed by atoms with Crippen molar-refractivity contribution in [2.24, 2.45) is 5.92 Å². The zero-order valence-corrected chi connectivity index (χ0v) is 9.79. The van der Waals surface area contributed by atoms with Gasteiger partial charge >= 0.3 is 0 Å². The van der Waals surface area contributed by atoms with Crippen LogP contribution in [0.4, 0.5) is 4.39 Å². The van der Waals surface area contributed by atoms with Gasteiger partial charge in [-0.3, -0.25) is 0 Å². The van der Waals surface area contributed by atoms with Crippen LogP contribution in [0.1, 0.15) is 39.0 Å². The highest BCUT2D eigenvalue weighted by Gasteiger charge is 2.25. The Balaban J connectivity index is 2.02. The van der Waals surface area contributed by atoms with Crippen molar-refractivity contribution in [2.45, 2.75) is 45.1 Å². The zero-order valence-electron chi connectivity index (χ0n) is 9.79.